The molecule has 1 unspecified atom stereocenters. The van der Waals surface area contributed by atoms with Crippen molar-refractivity contribution in [3.63, 3.8) is 0 Å². The quantitative estimate of drug-likeness (QED) is 0.0350. The van der Waals surface area contributed by atoms with Gasteiger partial charge in [-0.1, -0.05) is 42.6 Å². The zero-order chi connectivity index (χ0) is 22.7. The van der Waals surface area contributed by atoms with Crippen LogP contribution in [-0.2, 0) is 30.2 Å². The van der Waals surface area contributed by atoms with Gasteiger partial charge in [0.15, 0.2) is 0 Å². The summed E-state index contributed by atoms with van der Waals surface area (Å²) in [5.41, 5.74) is -1.16. The monoisotopic (exact) mass is 531 g/mol. The first-order chi connectivity index (χ1) is 14.0. The molecule has 0 aromatic carbocycles. The molecule has 0 aromatic rings. The van der Waals surface area contributed by atoms with Crippen LogP contribution >= 0.6 is 11.8 Å². The Balaban J connectivity index is 0.00000900. The van der Waals surface area contributed by atoms with Gasteiger partial charge in [0, 0.05) is 22.8 Å². The average molecular weight is 532 g/mol. The fraction of sp³-hybridized carbons (Fsp3) is 0.938. The number of oxime groups is 1. The molecule has 1 rings (SSSR count). The molecule has 1 saturated heterocycles. The molecule has 0 radical (unpaired) electrons. The molecule has 6 atom stereocenters. The Morgan fingerprint density at radius 1 is 1.10 bits per heavy atom. The maximum Gasteiger partial charge on any atom is 1.00 e. The molecule has 1 aliphatic heterocycles. The van der Waals surface area contributed by atoms with Gasteiger partial charge in [0.2, 0.25) is 0 Å². The normalized spacial score (nSPS) is 28.1. The molecule has 15 heteroatoms. The third-order valence-electron chi connectivity index (χ3n) is 4.40. The van der Waals surface area contributed by atoms with E-state index in [1.807, 2.05) is 0 Å². The molecule has 1 heterocycles. The van der Waals surface area contributed by atoms with Crippen LogP contribution in [0.4, 0.5) is 0 Å². The molecule has 0 spiro atoms. The molecule has 11 nitrogen and oxygen atoms in total. The van der Waals surface area contributed by atoms with Gasteiger partial charge in [-0.15, -0.1) is 0 Å². The van der Waals surface area contributed by atoms with Crippen LogP contribution < -0.4 is 51.4 Å². The first-order valence-electron chi connectivity index (χ1n) is 9.53. The number of aliphatic hydroxyl groups excluding tert-OH is 4. The van der Waals surface area contributed by atoms with Crippen LogP contribution in [0, 0.1) is 0 Å². The number of thioether (sulfide) groups is 1. The maximum absolute atomic E-state index is 11.0. The summed E-state index contributed by atoms with van der Waals surface area (Å²) in [5, 5.41) is 42.4. The molecule has 0 aliphatic carbocycles. The Labute approximate surface area is 232 Å². The van der Waals surface area contributed by atoms with Crippen LogP contribution in [0.2, 0.25) is 0 Å². The zero-order valence-corrected chi connectivity index (χ0v) is 23.2. The van der Waals surface area contributed by atoms with Gasteiger partial charge in [-0.2, -0.15) is 8.42 Å². The van der Waals surface area contributed by atoms with Crippen LogP contribution in [0.1, 0.15) is 44.9 Å². The second kappa shape index (κ2) is 16.9. The minimum Gasteiger partial charge on any atom is -0.714 e. The summed E-state index contributed by atoms with van der Waals surface area (Å²) in [7, 11) is -5.86. The van der Waals surface area contributed by atoms with Crippen LogP contribution in [0.15, 0.2) is 5.16 Å². The van der Waals surface area contributed by atoms with E-state index in [0.29, 0.717) is 12.2 Å². The van der Waals surface area contributed by atoms with Crippen molar-refractivity contribution in [1.82, 2.24) is 0 Å². The van der Waals surface area contributed by atoms with Gasteiger partial charge in [0.25, 0.3) is 10.4 Å². The van der Waals surface area contributed by atoms with Crippen LogP contribution in [0.3, 0.4) is 0 Å². The van der Waals surface area contributed by atoms with E-state index in [1.165, 1.54) is 0 Å². The van der Waals surface area contributed by atoms with Crippen molar-refractivity contribution in [2.45, 2.75) is 74.8 Å². The number of rotatable bonds is 13. The zero-order valence-electron chi connectivity index (χ0n) is 17.7. The van der Waals surface area contributed by atoms with E-state index in [1.54, 1.807) is 6.26 Å². The number of ether oxygens (including phenoxy) is 1. The van der Waals surface area contributed by atoms with Crippen molar-refractivity contribution in [2.24, 2.45) is 5.16 Å². The van der Waals surface area contributed by atoms with E-state index in [4.69, 9.17) is 4.74 Å². The van der Waals surface area contributed by atoms with Crippen molar-refractivity contribution in [3.05, 3.63) is 0 Å². The second-order valence-electron chi connectivity index (χ2n) is 6.93. The summed E-state index contributed by atoms with van der Waals surface area (Å²) in [6.07, 6.45) is 1.20. The molecule has 178 valence electrons. The molecule has 1 fully saturated rings. The van der Waals surface area contributed by atoms with Crippen molar-refractivity contribution in [1.29, 1.82) is 0 Å². The fourth-order valence-corrected chi connectivity index (χ4v) is 4.75. The first kappa shape index (κ1) is 32.3. The minimum absolute atomic E-state index is 0. The SMILES string of the molecule is CS(=O)CCCCCCCC/C(=N\OS(=O)(=O)[O-])S[C@@H]1O[C@H](CO)[C@@H](O)[C@H](O)[C@H]1O.[K+]. The Morgan fingerprint density at radius 2 is 1.68 bits per heavy atom. The van der Waals surface area contributed by atoms with E-state index in [0.717, 1.165) is 43.9 Å². The topological polar surface area (TPSA) is 186 Å². The van der Waals surface area contributed by atoms with Crippen LogP contribution in [0.5, 0.6) is 0 Å². The van der Waals surface area contributed by atoms with Gasteiger partial charge in [0.05, 0.1) is 6.61 Å². The summed E-state index contributed by atoms with van der Waals surface area (Å²) in [6, 6.07) is 0. The van der Waals surface area contributed by atoms with E-state index in [9.17, 15) is 37.6 Å². The number of hydrogen-bond acceptors (Lipinski definition) is 12. The molecular formula is C16H30KNO10S3. The fourth-order valence-electron chi connectivity index (χ4n) is 2.80. The van der Waals surface area contributed by atoms with Crippen molar-refractivity contribution in [3.8, 4) is 0 Å². The largest absolute Gasteiger partial charge is 1.00 e. The molecule has 0 saturated carbocycles. The molecule has 1 aliphatic rings. The van der Waals surface area contributed by atoms with Gasteiger partial charge < -0.3 is 29.7 Å². The second-order valence-corrected chi connectivity index (χ2v) is 10.6. The Kier molecular flexibility index (Phi) is 17.6. The molecular weight excluding hydrogens is 501 g/mol. The Hall–Kier alpha value is 1.32. The summed E-state index contributed by atoms with van der Waals surface area (Å²) in [4.78, 5) is 0. The predicted molar refractivity (Wildman–Crippen MR) is 111 cm³/mol. The summed E-state index contributed by atoms with van der Waals surface area (Å²) in [6.45, 7) is -0.606. The molecule has 0 amide bonds. The Morgan fingerprint density at radius 3 is 2.23 bits per heavy atom. The maximum atomic E-state index is 11.0. The van der Waals surface area contributed by atoms with Crippen LogP contribution in [0.25, 0.3) is 0 Å². The molecule has 31 heavy (non-hydrogen) atoms. The smallest absolute Gasteiger partial charge is 0.714 e. The van der Waals surface area contributed by atoms with Crippen molar-refractivity contribution in [2.75, 3.05) is 18.6 Å². The number of hydrogen-bond donors (Lipinski definition) is 4. The summed E-state index contributed by atoms with van der Waals surface area (Å²) >= 11 is 0.748. The number of aliphatic hydroxyl groups is 4. The van der Waals surface area contributed by atoms with Gasteiger partial charge in [-0.25, -0.2) is 0 Å². The van der Waals surface area contributed by atoms with E-state index in [-0.39, 0.29) is 62.8 Å². The van der Waals surface area contributed by atoms with Gasteiger partial charge in [-0.05, 0) is 19.3 Å². The number of unbranched alkanes of at least 4 members (excludes halogenated alkanes) is 5. The van der Waals surface area contributed by atoms with Gasteiger partial charge in [-0.3, -0.25) is 8.49 Å². The van der Waals surface area contributed by atoms with E-state index < -0.39 is 57.7 Å². The van der Waals surface area contributed by atoms with E-state index in [2.05, 4.69) is 9.44 Å². The van der Waals surface area contributed by atoms with Crippen LogP contribution in [-0.4, -0.2) is 91.1 Å². The van der Waals surface area contributed by atoms with Gasteiger partial charge >= 0.3 is 51.4 Å². The first-order valence-corrected chi connectivity index (χ1v) is 13.5. The summed E-state index contributed by atoms with van der Waals surface area (Å²) < 4.78 is 52.4. The minimum atomic E-state index is -5.07. The van der Waals surface area contributed by atoms with Gasteiger partial charge in [0.1, 0.15) is 34.9 Å². The predicted octanol–water partition coefficient (Wildman–Crippen LogP) is -3.58. The third-order valence-corrected chi connectivity index (χ3v) is 6.70. The van der Waals surface area contributed by atoms with Crippen molar-refractivity contribution < 1.29 is 98.0 Å². The Bertz CT molecular complexity index is 664. The van der Waals surface area contributed by atoms with E-state index >= 15 is 0 Å². The average Bonchev–Trinajstić information content (AvgIpc) is 2.67. The molecule has 4 N–H and O–H groups in total. The third kappa shape index (κ3) is 13.7. The summed E-state index contributed by atoms with van der Waals surface area (Å²) in [5.74, 6) is 0.674. The number of nitrogens with zero attached hydrogens (tertiary/aromatic N) is 1. The van der Waals surface area contributed by atoms with Crippen molar-refractivity contribution >= 4 is 38.0 Å². The standard InChI is InChI=1S/C16H31NO10S3.K/c1-29(22)9-7-5-3-2-4-6-8-12(17-27-30(23,24)25)28-16-15(21)14(20)13(19)11(10-18)26-16;/h11,13-16,18-21H,2-10H2,1H3,(H,23,24,25);/q;+1/p-1/b17-12+;/t11-,13-,14+,15-,16+,29?;/m1./s1. The molecule has 0 aromatic heterocycles. The molecule has 0 bridgehead atoms.